The maximum absolute atomic E-state index is 11.9. The number of hydrogen-bond acceptors (Lipinski definition) is 5. The molecule has 122 valence electrons. The van der Waals surface area contributed by atoms with E-state index in [9.17, 15) is 19.8 Å². The average Bonchev–Trinajstić information content (AvgIpc) is 2.47. The maximum Gasteiger partial charge on any atom is 0.351 e. The number of esters is 1. The van der Waals surface area contributed by atoms with E-state index in [1.54, 1.807) is 0 Å². The molecule has 21 heavy (non-hydrogen) atoms. The van der Waals surface area contributed by atoms with Gasteiger partial charge in [0.05, 0.1) is 12.6 Å². The molecule has 0 heterocycles. The van der Waals surface area contributed by atoms with Crippen LogP contribution in [0.1, 0.15) is 58.3 Å². The highest BCUT2D eigenvalue weighted by molar-refractivity contribution is 6.03. The predicted octanol–water partition coefficient (Wildman–Crippen LogP) is 1.44. The van der Waals surface area contributed by atoms with Gasteiger partial charge in [-0.2, -0.15) is 0 Å². The van der Waals surface area contributed by atoms with Gasteiger partial charge in [-0.1, -0.05) is 45.4 Å². The lowest BCUT2D eigenvalue weighted by Gasteiger charge is -2.31. The predicted molar refractivity (Wildman–Crippen MR) is 77.6 cm³/mol. The summed E-state index contributed by atoms with van der Waals surface area (Å²) in [6.07, 6.45) is 7.04. The van der Waals surface area contributed by atoms with Crippen molar-refractivity contribution in [2.24, 2.45) is 11.7 Å². The molecule has 2 unspecified atom stereocenters. The van der Waals surface area contributed by atoms with E-state index in [0.29, 0.717) is 12.8 Å². The number of carboxylic acid groups (broad SMARTS) is 1. The van der Waals surface area contributed by atoms with E-state index in [1.165, 1.54) is 6.42 Å². The number of carbonyl (C=O) groups is 2. The van der Waals surface area contributed by atoms with Gasteiger partial charge >= 0.3 is 11.9 Å². The summed E-state index contributed by atoms with van der Waals surface area (Å²) in [5, 5.41) is 19.5. The summed E-state index contributed by atoms with van der Waals surface area (Å²) in [6, 6.07) is -1.15. The van der Waals surface area contributed by atoms with E-state index in [2.05, 4.69) is 0 Å². The van der Waals surface area contributed by atoms with Crippen LogP contribution < -0.4 is 5.73 Å². The number of aliphatic carboxylic acids is 1. The van der Waals surface area contributed by atoms with Crippen molar-refractivity contribution in [3.05, 3.63) is 0 Å². The molecule has 0 spiro atoms. The molecule has 0 aromatic heterocycles. The molecule has 1 rings (SSSR count). The Kier molecular flexibility index (Phi) is 7.11. The summed E-state index contributed by atoms with van der Waals surface area (Å²) in [6.45, 7) is 2.02. The monoisotopic (exact) mass is 301 g/mol. The quantitative estimate of drug-likeness (QED) is 0.355. The molecule has 1 fully saturated rings. The minimum absolute atomic E-state index is 0.0983. The van der Waals surface area contributed by atoms with Crippen molar-refractivity contribution < 1.29 is 24.5 Å². The van der Waals surface area contributed by atoms with Gasteiger partial charge in [-0.05, 0) is 18.8 Å². The van der Waals surface area contributed by atoms with Crippen LogP contribution >= 0.6 is 0 Å². The lowest BCUT2D eigenvalue weighted by atomic mass is 9.80. The third kappa shape index (κ3) is 4.68. The van der Waals surface area contributed by atoms with Crippen molar-refractivity contribution >= 4 is 11.9 Å². The Labute approximate surface area is 125 Å². The smallest absolute Gasteiger partial charge is 0.351 e. The minimum Gasteiger partial charge on any atom is -0.479 e. The summed E-state index contributed by atoms with van der Waals surface area (Å²) in [7, 11) is 0. The lowest BCUT2D eigenvalue weighted by Crippen LogP contribution is -2.60. The van der Waals surface area contributed by atoms with Crippen molar-refractivity contribution in [1.82, 2.24) is 0 Å². The third-order valence-corrected chi connectivity index (χ3v) is 4.22. The van der Waals surface area contributed by atoms with Crippen LogP contribution in [0.25, 0.3) is 0 Å². The van der Waals surface area contributed by atoms with E-state index >= 15 is 0 Å². The number of hydrogen-bond donors (Lipinski definition) is 3. The average molecular weight is 301 g/mol. The Morgan fingerprint density at radius 2 is 1.95 bits per heavy atom. The molecule has 0 amide bonds. The highest BCUT2D eigenvalue weighted by Gasteiger charge is 2.51. The summed E-state index contributed by atoms with van der Waals surface area (Å²) < 4.78 is 4.87. The van der Waals surface area contributed by atoms with Gasteiger partial charge < -0.3 is 20.7 Å². The second-order valence-electron chi connectivity index (χ2n) is 5.91. The third-order valence-electron chi connectivity index (χ3n) is 4.22. The van der Waals surface area contributed by atoms with Crippen LogP contribution in [-0.4, -0.2) is 40.4 Å². The Morgan fingerprint density at radius 1 is 1.33 bits per heavy atom. The largest absolute Gasteiger partial charge is 0.479 e. The molecule has 6 nitrogen and oxygen atoms in total. The molecule has 0 bridgehead atoms. The highest BCUT2D eigenvalue weighted by atomic mass is 16.6. The zero-order valence-electron chi connectivity index (χ0n) is 12.7. The summed E-state index contributed by atoms with van der Waals surface area (Å²) in [5.41, 5.74) is 3.21. The first-order chi connectivity index (χ1) is 9.92. The lowest BCUT2D eigenvalue weighted by molar-refractivity contribution is -0.183. The molecule has 0 radical (unpaired) electrons. The SMILES string of the molecule is CCCCOC(=O)C(O)(C(=O)O)C(N)CC1CCCCC1. The van der Waals surface area contributed by atoms with Crippen molar-refractivity contribution in [2.45, 2.75) is 69.9 Å². The zero-order valence-corrected chi connectivity index (χ0v) is 12.7. The molecule has 0 saturated heterocycles. The minimum atomic E-state index is -2.65. The van der Waals surface area contributed by atoms with Crippen molar-refractivity contribution in [3.63, 3.8) is 0 Å². The zero-order chi connectivity index (χ0) is 15.9. The Balaban J connectivity index is 2.67. The second kappa shape index (κ2) is 8.34. The Hall–Kier alpha value is -1.14. The maximum atomic E-state index is 11.9. The van der Waals surface area contributed by atoms with E-state index in [0.717, 1.165) is 32.1 Å². The number of aliphatic hydroxyl groups is 1. The Morgan fingerprint density at radius 3 is 2.48 bits per heavy atom. The van der Waals surface area contributed by atoms with Gasteiger partial charge in [-0.25, -0.2) is 9.59 Å². The molecule has 6 heteroatoms. The van der Waals surface area contributed by atoms with Gasteiger partial charge in [0.2, 0.25) is 0 Å². The topological polar surface area (TPSA) is 110 Å². The number of carbonyl (C=O) groups excluding carboxylic acids is 1. The molecular formula is C15H27NO5. The number of carboxylic acids is 1. The van der Waals surface area contributed by atoms with Gasteiger partial charge in [0.1, 0.15) is 0 Å². The normalized spacial score (nSPS) is 20.5. The molecule has 0 aromatic carbocycles. The van der Waals surface area contributed by atoms with Gasteiger partial charge in [0, 0.05) is 0 Å². The number of unbranched alkanes of at least 4 members (excludes halogenated alkanes) is 1. The van der Waals surface area contributed by atoms with Crippen LogP contribution in [-0.2, 0) is 14.3 Å². The first-order valence-electron chi connectivity index (χ1n) is 7.81. The van der Waals surface area contributed by atoms with Gasteiger partial charge in [-0.3, -0.25) is 0 Å². The fourth-order valence-electron chi connectivity index (χ4n) is 2.77. The van der Waals surface area contributed by atoms with Crippen LogP contribution in [0.15, 0.2) is 0 Å². The van der Waals surface area contributed by atoms with Crippen molar-refractivity contribution in [1.29, 1.82) is 0 Å². The van der Waals surface area contributed by atoms with E-state index < -0.39 is 23.6 Å². The standard InChI is InChI=1S/C15H27NO5/c1-2-3-9-21-14(19)15(20,13(17)18)12(16)10-11-7-5-4-6-8-11/h11-12,20H,2-10,16H2,1H3,(H,17,18). The van der Waals surface area contributed by atoms with Gasteiger partial charge in [-0.15, -0.1) is 0 Å². The second-order valence-corrected chi connectivity index (χ2v) is 5.91. The van der Waals surface area contributed by atoms with Gasteiger partial charge in [0.15, 0.2) is 0 Å². The van der Waals surface area contributed by atoms with Crippen LogP contribution in [0.3, 0.4) is 0 Å². The molecule has 1 aliphatic carbocycles. The summed E-state index contributed by atoms with van der Waals surface area (Å²) in [5.74, 6) is -2.51. The van der Waals surface area contributed by atoms with Crippen LogP contribution in [0.4, 0.5) is 0 Å². The fourth-order valence-corrected chi connectivity index (χ4v) is 2.77. The molecule has 0 aromatic rings. The van der Waals surface area contributed by atoms with Crippen molar-refractivity contribution in [3.8, 4) is 0 Å². The van der Waals surface area contributed by atoms with E-state index in [-0.39, 0.29) is 12.5 Å². The highest BCUT2D eigenvalue weighted by Crippen LogP contribution is 2.29. The van der Waals surface area contributed by atoms with Crippen LogP contribution in [0, 0.1) is 5.92 Å². The molecule has 4 N–H and O–H groups in total. The summed E-state index contributed by atoms with van der Waals surface area (Å²) in [4.78, 5) is 23.3. The molecule has 1 aliphatic rings. The van der Waals surface area contributed by atoms with Gasteiger partial charge in [0.25, 0.3) is 5.60 Å². The number of ether oxygens (including phenoxy) is 1. The first-order valence-corrected chi connectivity index (χ1v) is 7.81. The number of rotatable bonds is 8. The molecule has 2 atom stereocenters. The Bertz CT molecular complexity index is 354. The first kappa shape index (κ1) is 17.9. The van der Waals surface area contributed by atoms with Crippen LogP contribution in [0.2, 0.25) is 0 Å². The number of nitrogens with two attached hydrogens (primary N) is 1. The van der Waals surface area contributed by atoms with E-state index in [1.807, 2.05) is 6.92 Å². The van der Waals surface area contributed by atoms with Crippen LogP contribution in [0.5, 0.6) is 0 Å². The van der Waals surface area contributed by atoms with E-state index in [4.69, 9.17) is 10.5 Å². The summed E-state index contributed by atoms with van der Waals surface area (Å²) >= 11 is 0. The molecule has 0 aliphatic heterocycles. The van der Waals surface area contributed by atoms with Crippen molar-refractivity contribution in [2.75, 3.05) is 6.61 Å². The fraction of sp³-hybridized carbons (Fsp3) is 0.867. The molecule has 1 saturated carbocycles. The molecular weight excluding hydrogens is 274 g/mol.